The fourth-order valence-corrected chi connectivity index (χ4v) is 3.93. The molecule has 0 radical (unpaired) electrons. The van der Waals surface area contributed by atoms with E-state index in [0.29, 0.717) is 0 Å². The first kappa shape index (κ1) is 9.72. The van der Waals surface area contributed by atoms with Gasteiger partial charge in [0.1, 0.15) is 0 Å². The number of rotatable bonds is 0. The van der Waals surface area contributed by atoms with Crippen LogP contribution in [0.5, 0.6) is 0 Å². The van der Waals surface area contributed by atoms with Gasteiger partial charge in [-0.2, -0.15) is 0 Å². The van der Waals surface area contributed by atoms with Gasteiger partial charge in [0.2, 0.25) is 0 Å². The van der Waals surface area contributed by atoms with Crippen LogP contribution in [0.15, 0.2) is 6.07 Å². The lowest BCUT2D eigenvalue weighted by molar-refractivity contribution is 0.357. The summed E-state index contributed by atoms with van der Waals surface area (Å²) >= 11 is 6.48. The van der Waals surface area contributed by atoms with Gasteiger partial charge in [-0.05, 0) is 73.6 Å². The molecule has 1 heteroatoms. The van der Waals surface area contributed by atoms with Crippen molar-refractivity contribution in [1.82, 2.24) is 0 Å². The first-order chi connectivity index (χ1) is 7.18. The first-order valence-corrected chi connectivity index (χ1v) is 6.35. The molecule has 0 atom stereocenters. The van der Waals surface area contributed by atoms with Gasteiger partial charge in [0.05, 0.1) is 0 Å². The Kier molecular flexibility index (Phi) is 2.10. The molecular weight excluding hydrogens is 204 g/mol. The summed E-state index contributed by atoms with van der Waals surface area (Å²) in [5, 5.41) is 1.06. The maximum Gasteiger partial charge on any atom is 0.0473 e. The molecule has 0 amide bonds. The van der Waals surface area contributed by atoms with Gasteiger partial charge in [-0.1, -0.05) is 17.7 Å². The van der Waals surface area contributed by atoms with Crippen molar-refractivity contribution in [3.05, 3.63) is 33.3 Å². The molecule has 0 spiro atoms. The molecule has 3 aliphatic carbocycles. The third-order valence-electron chi connectivity index (χ3n) is 4.27. The van der Waals surface area contributed by atoms with E-state index in [0.717, 1.165) is 16.9 Å². The molecule has 1 aromatic carbocycles. The lowest BCUT2D eigenvalue weighted by atomic mass is 9.65. The van der Waals surface area contributed by atoms with Crippen LogP contribution in [-0.4, -0.2) is 0 Å². The Bertz CT molecular complexity index is 412. The summed E-state index contributed by atoms with van der Waals surface area (Å²) in [7, 11) is 0. The maximum atomic E-state index is 6.48. The molecular formula is C14H17Cl. The minimum atomic E-state index is 0.760. The summed E-state index contributed by atoms with van der Waals surface area (Å²) in [6, 6.07) is 2.27. The van der Waals surface area contributed by atoms with E-state index in [1.54, 1.807) is 5.56 Å². The standard InChI is InChI=1S/C14H17Cl/c1-8-7-9(2)14(15)13-11-5-3-10(4-6-11)12(8)13/h7,10-11H,3-6H2,1-2H3. The average molecular weight is 221 g/mol. The summed E-state index contributed by atoms with van der Waals surface area (Å²) in [5.41, 5.74) is 5.85. The molecule has 1 fully saturated rings. The zero-order chi connectivity index (χ0) is 10.6. The van der Waals surface area contributed by atoms with Gasteiger partial charge < -0.3 is 0 Å². The molecule has 15 heavy (non-hydrogen) atoms. The zero-order valence-electron chi connectivity index (χ0n) is 9.44. The highest BCUT2D eigenvalue weighted by molar-refractivity contribution is 6.32. The van der Waals surface area contributed by atoms with Crippen LogP contribution in [0.1, 0.15) is 59.8 Å². The fourth-order valence-electron chi connectivity index (χ4n) is 3.62. The van der Waals surface area contributed by atoms with Crippen molar-refractivity contribution in [2.75, 3.05) is 0 Å². The predicted octanol–water partition coefficient (Wildman–Crippen LogP) is 4.71. The van der Waals surface area contributed by atoms with Crippen molar-refractivity contribution in [2.24, 2.45) is 0 Å². The molecule has 0 aliphatic heterocycles. The fraction of sp³-hybridized carbons (Fsp3) is 0.571. The minimum absolute atomic E-state index is 0.760. The highest BCUT2D eigenvalue weighted by Gasteiger charge is 2.35. The Labute approximate surface area is 96.6 Å². The van der Waals surface area contributed by atoms with Crippen molar-refractivity contribution in [1.29, 1.82) is 0 Å². The number of benzene rings is 1. The van der Waals surface area contributed by atoms with E-state index in [9.17, 15) is 0 Å². The highest BCUT2D eigenvalue weighted by atomic mass is 35.5. The van der Waals surface area contributed by atoms with E-state index in [2.05, 4.69) is 19.9 Å². The quantitative estimate of drug-likeness (QED) is 0.594. The van der Waals surface area contributed by atoms with Crippen LogP contribution in [0.25, 0.3) is 0 Å². The largest absolute Gasteiger partial charge is 0.0837 e. The molecule has 2 bridgehead atoms. The number of fused-ring (bicyclic) bond motifs is 2. The van der Waals surface area contributed by atoms with Crippen LogP contribution in [0.4, 0.5) is 0 Å². The normalized spacial score (nSPS) is 27.9. The average Bonchev–Trinajstić information content (AvgIpc) is 2.26. The third-order valence-corrected chi connectivity index (χ3v) is 4.78. The lowest BCUT2D eigenvalue weighted by Gasteiger charge is -2.40. The highest BCUT2D eigenvalue weighted by Crippen LogP contribution is 2.53. The summed E-state index contributed by atoms with van der Waals surface area (Å²) in [5.74, 6) is 1.57. The molecule has 1 aromatic rings. The number of hydrogen-bond acceptors (Lipinski definition) is 0. The number of halogens is 1. The van der Waals surface area contributed by atoms with Crippen LogP contribution < -0.4 is 0 Å². The Morgan fingerprint density at radius 3 is 2.07 bits per heavy atom. The van der Waals surface area contributed by atoms with Crippen LogP contribution in [0.3, 0.4) is 0 Å². The van der Waals surface area contributed by atoms with Crippen LogP contribution >= 0.6 is 11.6 Å². The molecule has 1 saturated carbocycles. The van der Waals surface area contributed by atoms with E-state index in [4.69, 9.17) is 11.6 Å². The zero-order valence-corrected chi connectivity index (χ0v) is 10.2. The summed E-state index contributed by atoms with van der Waals surface area (Å²) in [6.45, 7) is 4.39. The van der Waals surface area contributed by atoms with Gasteiger partial charge in [-0.3, -0.25) is 0 Å². The SMILES string of the molecule is Cc1cc(C)c2c(c1Cl)C1CCC2CC1. The Morgan fingerprint density at radius 1 is 0.933 bits per heavy atom. The van der Waals surface area contributed by atoms with Gasteiger partial charge >= 0.3 is 0 Å². The lowest BCUT2D eigenvalue weighted by Crippen LogP contribution is -2.23. The van der Waals surface area contributed by atoms with E-state index in [1.807, 2.05) is 0 Å². The Hall–Kier alpha value is -0.490. The second kappa shape index (κ2) is 3.25. The van der Waals surface area contributed by atoms with Gasteiger partial charge in [-0.25, -0.2) is 0 Å². The van der Waals surface area contributed by atoms with Gasteiger partial charge in [0.25, 0.3) is 0 Å². The van der Waals surface area contributed by atoms with Crippen molar-refractivity contribution in [2.45, 2.75) is 51.4 Å². The molecule has 0 nitrogen and oxygen atoms in total. The van der Waals surface area contributed by atoms with Gasteiger partial charge in [0.15, 0.2) is 0 Å². The molecule has 0 N–H and O–H groups in total. The smallest absolute Gasteiger partial charge is 0.0473 e. The van der Waals surface area contributed by atoms with E-state index < -0.39 is 0 Å². The molecule has 0 aromatic heterocycles. The molecule has 0 unspecified atom stereocenters. The van der Waals surface area contributed by atoms with Crippen LogP contribution in [0.2, 0.25) is 5.02 Å². The van der Waals surface area contributed by atoms with Gasteiger partial charge in [0, 0.05) is 5.02 Å². The first-order valence-electron chi connectivity index (χ1n) is 5.98. The van der Waals surface area contributed by atoms with Gasteiger partial charge in [-0.15, -0.1) is 0 Å². The number of aryl methyl sites for hydroxylation is 2. The van der Waals surface area contributed by atoms with Crippen molar-refractivity contribution >= 4 is 11.6 Å². The summed E-state index contributed by atoms with van der Waals surface area (Å²) in [6.07, 6.45) is 5.50. The van der Waals surface area contributed by atoms with E-state index in [-0.39, 0.29) is 0 Å². The molecule has 0 heterocycles. The third kappa shape index (κ3) is 1.27. The molecule has 80 valence electrons. The Morgan fingerprint density at radius 2 is 1.47 bits per heavy atom. The van der Waals surface area contributed by atoms with Crippen LogP contribution in [-0.2, 0) is 0 Å². The topological polar surface area (TPSA) is 0 Å². The molecule has 3 aliphatic rings. The molecule has 4 rings (SSSR count). The second-order valence-corrected chi connectivity index (χ2v) is 5.58. The molecule has 0 saturated heterocycles. The monoisotopic (exact) mass is 220 g/mol. The van der Waals surface area contributed by atoms with Crippen molar-refractivity contribution in [3.63, 3.8) is 0 Å². The maximum absolute atomic E-state index is 6.48. The van der Waals surface area contributed by atoms with Crippen LogP contribution in [0, 0.1) is 13.8 Å². The second-order valence-electron chi connectivity index (χ2n) is 5.20. The minimum Gasteiger partial charge on any atom is -0.0837 e. The van der Waals surface area contributed by atoms with Crippen molar-refractivity contribution < 1.29 is 0 Å². The number of hydrogen-bond donors (Lipinski definition) is 0. The predicted molar refractivity (Wildman–Crippen MR) is 64.9 cm³/mol. The summed E-state index contributed by atoms with van der Waals surface area (Å²) < 4.78 is 0. The summed E-state index contributed by atoms with van der Waals surface area (Å²) in [4.78, 5) is 0. The Balaban J connectivity index is 2.30. The van der Waals surface area contributed by atoms with Crippen molar-refractivity contribution in [3.8, 4) is 0 Å². The van der Waals surface area contributed by atoms with E-state index in [1.165, 1.54) is 42.4 Å². The van der Waals surface area contributed by atoms with E-state index >= 15 is 0 Å².